The molecule has 1 N–H and O–H groups in total. The third kappa shape index (κ3) is 2.68. The largest absolute Gasteiger partial charge is 0.485 e. The molecule has 0 bridgehead atoms. The molecular formula is C15H11BrClFO2. The fourth-order valence-electron chi connectivity index (χ4n) is 2.38. The summed E-state index contributed by atoms with van der Waals surface area (Å²) in [6.07, 6.45) is -0.696. The van der Waals surface area contributed by atoms with Crippen LogP contribution < -0.4 is 4.74 Å². The van der Waals surface area contributed by atoms with E-state index in [-0.39, 0.29) is 0 Å². The van der Waals surface area contributed by atoms with Crippen LogP contribution in [0.4, 0.5) is 4.39 Å². The maximum absolute atomic E-state index is 13.4. The van der Waals surface area contributed by atoms with E-state index < -0.39 is 18.0 Å². The summed E-state index contributed by atoms with van der Waals surface area (Å²) in [7, 11) is 0. The lowest BCUT2D eigenvalue weighted by Gasteiger charge is -2.30. The van der Waals surface area contributed by atoms with E-state index in [2.05, 4.69) is 15.9 Å². The molecule has 5 heteroatoms. The molecule has 0 saturated heterocycles. The van der Waals surface area contributed by atoms with Gasteiger partial charge in [0.05, 0.1) is 6.10 Å². The predicted octanol–water partition coefficient (Wildman–Crippen LogP) is 4.80. The van der Waals surface area contributed by atoms with Gasteiger partial charge in [0.2, 0.25) is 0 Å². The van der Waals surface area contributed by atoms with E-state index >= 15 is 0 Å². The zero-order chi connectivity index (χ0) is 14.3. The Morgan fingerprint density at radius 1 is 1.25 bits per heavy atom. The van der Waals surface area contributed by atoms with Gasteiger partial charge in [-0.15, -0.1) is 0 Å². The van der Waals surface area contributed by atoms with Crippen LogP contribution in [0.15, 0.2) is 40.9 Å². The minimum absolute atomic E-state index is 0.319. The van der Waals surface area contributed by atoms with Crippen LogP contribution in [0.1, 0.15) is 29.8 Å². The van der Waals surface area contributed by atoms with Crippen LogP contribution in [0.5, 0.6) is 5.75 Å². The highest BCUT2D eigenvalue weighted by Crippen LogP contribution is 2.42. The van der Waals surface area contributed by atoms with Crippen LogP contribution in [0, 0.1) is 5.82 Å². The van der Waals surface area contributed by atoms with Crippen molar-refractivity contribution >= 4 is 27.5 Å². The van der Waals surface area contributed by atoms with Gasteiger partial charge in [-0.1, -0.05) is 27.5 Å². The minimum atomic E-state index is -0.650. The fraction of sp³-hybridized carbons (Fsp3) is 0.200. The van der Waals surface area contributed by atoms with E-state index in [9.17, 15) is 9.50 Å². The molecule has 1 unspecified atom stereocenters. The zero-order valence-corrected chi connectivity index (χ0v) is 12.7. The molecule has 1 aliphatic rings. The predicted molar refractivity (Wildman–Crippen MR) is 78.5 cm³/mol. The summed E-state index contributed by atoms with van der Waals surface area (Å²) < 4.78 is 20.1. The smallest absolute Gasteiger partial charge is 0.127 e. The summed E-state index contributed by atoms with van der Waals surface area (Å²) in [5.74, 6) is 0.199. The van der Waals surface area contributed by atoms with Crippen molar-refractivity contribution in [1.82, 2.24) is 0 Å². The van der Waals surface area contributed by atoms with E-state index in [1.54, 1.807) is 12.1 Å². The third-order valence-electron chi connectivity index (χ3n) is 3.29. The minimum Gasteiger partial charge on any atom is -0.485 e. The second-order valence-electron chi connectivity index (χ2n) is 4.74. The summed E-state index contributed by atoms with van der Waals surface area (Å²) >= 11 is 9.23. The van der Waals surface area contributed by atoms with Gasteiger partial charge in [-0.3, -0.25) is 0 Å². The molecule has 0 spiro atoms. The summed E-state index contributed by atoms with van der Waals surface area (Å²) in [6, 6.07) is 9.74. The Morgan fingerprint density at radius 3 is 2.80 bits per heavy atom. The van der Waals surface area contributed by atoms with Gasteiger partial charge >= 0.3 is 0 Å². The lowest BCUT2D eigenvalue weighted by atomic mass is 9.95. The SMILES string of the molecule is O[C@@H]1CC(c2cc(F)cc(Cl)c2)Oc2ccc(Br)cc21. The second-order valence-corrected chi connectivity index (χ2v) is 6.10. The molecule has 104 valence electrons. The van der Waals surface area contributed by atoms with Crippen LogP contribution >= 0.6 is 27.5 Å². The number of rotatable bonds is 1. The first-order valence-corrected chi connectivity index (χ1v) is 7.30. The summed E-state index contributed by atoms with van der Waals surface area (Å²) in [5.41, 5.74) is 1.36. The number of aliphatic hydroxyl groups is 1. The van der Waals surface area contributed by atoms with Crippen molar-refractivity contribution in [3.63, 3.8) is 0 Å². The van der Waals surface area contributed by atoms with Crippen LogP contribution in [-0.4, -0.2) is 5.11 Å². The molecule has 0 amide bonds. The highest BCUT2D eigenvalue weighted by Gasteiger charge is 2.28. The summed E-state index contributed by atoms with van der Waals surface area (Å²) in [6.45, 7) is 0. The van der Waals surface area contributed by atoms with Gasteiger partial charge in [-0.2, -0.15) is 0 Å². The van der Waals surface area contributed by atoms with E-state index in [0.29, 0.717) is 22.8 Å². The van der Waals surface area contributed by atoms with Crippen molar-refractivity contribution in [2.24, 2.45) is 0 Å². The number of aliphatic hydroxyl groups excluding tert-OH is 1. The molecular weight excluding hydrogens is 347 g/mol. The maximum atomic E-state index is 13.4. The van der Waals surface area contributed by atoms with Gasteiger partial charge in [0.15, 0.2) is 0 Å². The molecule has 20 heavy (non-hydrogen) atoms. The first kappa shape index (κ1) is 13.9. The van der Waals surface area contributed by atoms with Gasteiger partial charge in [-0.05, 0) is 42.0 Å². The fourth-order valence-corrected chi connectivity index (χ4v) is 2.99. The van der Waals surface area contributed by atoms with Gasteiger partial charge in [0.25, 0.3) is 0 Å². The van der Waals surface area contributed by atoms with Crippen LogP contribution in [-0.2, 0) is 0 Å². The van der Waals surface area contributed by atoms with Crippen LogP contribution in [0.3, 0.4) is 0 Å². The Hall–Kier alpha value is -1.10. The Morgan fingerprint density at radius 2 is 2.05 bits per heavy atom. The molecule has 0 aliphatic carbocycles. The quantitative estimate of drug-likeness (QED) is 0.794. The molecule has 2 nitrogen and oxygen atoms in total. The maximum Gasteiger partial charge on any atom is 0.127 e. The number of hydrogen-bond acceptors (Lipinski definition) is 2. The molecule has 3 rings (SSSR count). The second kappa shape index (κ2) is 5.35. The normalized spacial score (nSPS) is 21.2. The van der Waals surface area contributed by atoms with Gasteiger partial charge in [0.1, 0.15) is 17.7 Å². The number of ether oxygens (including phenoxy) is 1. The molecule has 1 heterocycles. The van der Waals surface area contributed by atoms with Crippen molar-refractivity contribution < 1.29 is 14.2 Å². The third-order valence-corrected chi connectivity index (χ3v) is 4.01. The van der Waals surface area contributed by atoms with Gasteiger partial charge < -0.3 is 9.84 Å². The summed E-state index contributed by atoms with van der Waals surface area (Å²) in [4.78, 5) is 0. The van der Waals surface area contributed by atoms with E-state index in [4.69, 9.17) is 16.3 Å². The molecule has 0 aromatic heterocycles. The molecule has 1 aliphatic heterocycles. The lowest BCUT2D eigenvalue weighted by Crippen LogP contribution is -2.19. The van der Waals surface area contributed by atoms with Crippen molar-refractivity contribution in [1.29, 1.82) is 0 Å². The highest BCUT2D eigenvalue weighted by molar-refractivity contribution is 9.10. The molecule has 2 atom stereocenters. The first-order valence-electron chi connectivity index (χ1n) is 6.13. The Kier molecular flexibility index (Phi) is 3.71. The van der Waals surface area contributed by atoms with Crippen LogP contribution in [0.25, 0.3) is 0 Å². The van der Waals surface area contributed by atoms with E-state index in [1.807, 2.05) is 12.1 Å². The van der Waals surface area contributed by atoms with Crippen molar-refractivity contribution in [2.75, 3.05) is 0 Å². The number of halogens is 3. The molecule has 0 radical (unpaired) electrons. The average Bonchev–Trinajstić information content (AvgIpc) is 2.38. The lowest BCUT2D eigenvalue weighted by molar-refractivity contribution is 0.0655. The van der Waals surface area contributed by atoms with Crippen molar-refractivity contribution in [2.45, 2.75) is 18.6 Å². The van der Waals surface area contributed by atoms with E-state index in [1.165, 1.54) is 12.1 Å². The van der Waals surface area contributed by atoms with Gasteiger partial charge in [0, 0.05) is 21.5 Å². The monoisotopic (exact) mass is 356 g/mol. The van der Waals surface area contributed by atoms with Gasteiger partial charge in [-0.25, -0.2) is 4.39 Å². The van der Waals surface area contributed by atoms with Crippen molar-refractivity contribution in [3.05, 3.63) is 62.8 Å². The molecule has 0 saturated carbocycles. The Labute approximate surface area is 129 Å². The number of fused-ring (bicyclic) bond motifs is 1. The number of benzene rings is 2. The Balaban J connectivity index is 1.96. The van der Waals surface area contributed by atoms with E-state index in [0.717, 1.165) is 10.0 Å². The Bertz CT molecular complexity index is 642. The standard InChI is InChI=1S/C15H11BrClFO2/c16-9-1-2-14-12(5-9)13(19)7-15(20-14)8-3-10(17)6-11(18)4-8/h1-6,13,15,19H,7H2/t13-,15?/m1/s1. The first-order chi connectivity index (χ1) is 9.52. The molecule has 2 aromatic rings. The van der Waals surface area contributed by atoms with Crippen LogP contribution in [0.2, 0.25) is 5.02 Å². The number of hydrogen-bond donors (Lipinski definition) is 1. The topological polar surface area (TPSA) is 29.5 Å². The zero-order valence-electron chi connectivity index (χ0n) is 10.3. The average molecular weight is 358 g/mol. The molecule has 0 fully saturated rings. The van der Waals surface area contributed by atoms with Crippen molar-refractivity contribution in [3.8, 4) is 5.75 Å². The summed E-state index contributed by atoms with van der Waals surface area (Å²) in [5, 5.41) is 10.5. The molecule has 2 aromatic carbocycles. The highest BCUT2D eigenvalue weighted by atomic mass is 79.9.